The number of nitrogens with zero attached hydrogens (tertiary/aromatic N) is 1. The molecule has 0 radical (unpaired) electrons. The molecule has 1 saturated carbocycles. The first kappa shape index (κ1) is 21.0. The molecule has 0 unspecified atom stereocenters. The Bertz CT molecular complexity index is 976. The summed E-state index contributed by atoms with van der Waals surface area (Å²) in [6.07, 6.45) is 5.91. The maximum absolute atomic E-state index is 13.9. The van der Waals surface area contributed by atoms with E-state index in [4.69, 9.17) is 0 Å². The van der Waals surface area contributed by atoms with Gasteiger partial charge in [-0.2, -0.15) is 0 Å². The summed E-state index contributed by atoms with van der Waals surface area (Å²) in [7, 11) is 0. The van der Waals surface area contributed by atoms with Crippen LogP contribution in [0.1, 0.15) is 67.4 Å². The summed E-state index contributed by atoms with van der Waals surface area (Å²) < 4.78 is 0. The molecule has 5 nitrogen and oxygen atoms in total. The van der Waals surface area contributed by atoms with E-state index >= 15 is 0 Å². The molecular formula is C27H33N3O2. The SMILES string of the molecule is CC[C@@H]1Nc2ccccc2[C@H]2[C@@H]1CCN2C(=O)[C@H]1CCCC[C@H]1NC(=O)c1ccccc1. The summed E-state index contributed by atoms with van der Waals surface area (Å²) in [5.74, 6) is 0.451. The predicted octanol–water partition coefficient (Wildman–Crippen LogP) is 4.77. The number of anilines is 1. The highest BCUT2D eigenvalue weighted by Crippen LogP contribution is 2.48. The van der Waals surface area contributed by atoms with Gasteiger partial charge in [-0.1, -0.05) is 56.2 Å². The van der Waals surface area contributed by atoms with E-state index in [9.17, 15) is 9.59 Å². The third-order valence-electron chi connectivity index (χ3n) is 7.74. The van der Waals surface area contributed by atoms with E-state index in [0.717, 1.165) is 50.8 Å². The fourth-order valence-electron chi connectivity index (χ4n) is 6.13. The smallest absolute Gasteiger partial charge is 0.251 e. The van der Waals surface area contributed by atoms with E-state index in [-0.39, 0.29) is 29.8 Å². The van der Waals surface area contributed by atoms with Gasteiger partial charge in [0.05, 0.1) is 12.0 Å². The number of likely N-dealkylation sites (tertiary alicyclic amines) is 1. The zero-order valence-electron chi connectivity index (χ0n) is 18.8. The average Bonchev–Trinajstić information content (AvgIpc) is 3.29. The van der Waals surface area contributed by atoms with Crippen LogP contribution < -0.4 is 10.6 Å². The number of para-hydroxylation sites is 1. The first-order chi connectivity index (χ1) is 15.7. The quantitative estimate of drug-likeness (QED) is 0.733. The molecule has 5 atom stereocenters. The maximum atomic E-state index is 13.9. The van der Waals surface area contributed by atoms with Gasteiger partial charge in [-0.15, -0.1) is 0 Å². The van der Waals surface area contributed by atoms with E-state index in [0.29, 0.717) is 17.5 Å². The molecule has 2 aromatic rings. The van der Waals surface area contributed by atoms with Crippen LogP contribution in [-0.4, -0.2) is 35.3 Å². The van der Waals surface area contributed by atoms with Crippen LogP contribution in [0.4, 0.5) is 5.69 Å². The number of hydrogen-bond donors (Lipinski definition) is 2. The van der Waals surface area contributed by atoms with Crippen LogP contribution in [0, 0.1) is 11.8 Å². The van der Waals surface area contributed by atoms with Crippen molar-refractivity contribution in [1.29, 1.82) is 0 Å². The monoisotopic (exact) mass is 431 g/mol. The molecule has 0 aromatic heterocycles. The molecule has 1 aliphatic carbocycles. The van der Waals surface area contributed by atoms with E-state index in [1.54, 1.807) is 0 Å². The molecule has 2 aliphatic heterocycles. The molecule has 2 N–H and O–H groups in total. The highest BCUT2D eigenvalue weighted by molar-refractivity contribution is 5.94. The van der Waals surface area contributed by atoms with Gasteiger partial charge in [0.2, 0.25) is 5.91 Å². The first-order valence-corrected chi connectivity index (χ1v) is 12.2. The second kappa shape index (κ2) is 8.97. The highest BCUT2D eigenvalue weighted by atomic mass is 16.2. The summed E-state index contributed by atoms with van der Waals surface area (Å²) in [6.45, 7) is 3.03. The molecule has 168 valence electrons. The summed E-state index contributed by atoms with van der Waals surface area (Å²) in [5, 5.41) is 6.92. The number of fused-ring (bicyclic) bond motifs is 3. The molecule has 5 rings (SSSR count). The maximum Gasteiger partial charge on any atom is 0.251 e. The van der Waals surface area contributed by atoms with Crippen molar-refractivity contribution < 1.29 is 9.59 Å². The molecule has 0 spiro atoms. The number of rotatable bonds is 4. The lowest BCUT2D eigenvalue weighted by Crippen LogP contribution is -2.50. The second-order valence-corrected chi connectivity index (χ2v) is 9.51. The zero-order valence-corrected chi connectivity index (χ0v) is 18.8. The van der Waals surface area contributed by atoms with E-state index in [1.807, 2.05) is 30.3 Å². The van der Waals surface area contributed by atoms with Crippen molar-refractivity contribution in [2.24, 2.45) is 11.8 Å². The number of nitrogens with one attached hydrogen (secondary N) is 2. The van der Waals surface area contributed by atoms with Gasteiger partial charge >= 0.3 is 0 Å². The number of carbonyl (C=O) groups excluding carboxylic acids is 2. The number of carbonyl (C=O) groups is 2. The fraction of sp³-hybridized carbons (Fsp3) is 0.481. The Morgan fingerprint density at radius 3 is 2.56 bits per heavy atom. The van der Waals surface area contributed by atoms with Gasteiger partial charge in [-0.3, -0.25) is 9.59 Å². The minimum absolute atomic E-state index is 0.0761. The first-order valence-electron chi connectivity index (χ1n) is 12.2. The van der Waals surface area contributed by atoms with Crippen molar-refractivity contribution >= 4 is 17.5 Å². The van der Waals surface area contributed by atoms with Crippen LogP contribution in [0.15, 0.2) is 54.6 Å². The van der Waals surface area contributed by atoms with Crippen molar-refractivity contribution in [3.05, 3.63) is 65.7 Å². The van der Waals surface area contributed by atoms with E-state index in [2.05, 4.69) is 46.7 Å². The topological polar surface area (TPSA) is 61.4 Å². The molecule has 3 aliphatic rings. The lowest BCUT2D eigenvalue weighted by molar-refractivity contribution is -0.138. The van der Waals surface area contributed by atoms with Crippen molar-refractivity contribution in [3.63, 3.8) is 0 Å². The molecular weight excluding hydrogens is 398 g/mol. The van der Waals surface area contributed by atoms with E-state index < -0.39 is 0 Å². The molecule has 2 amide bonds. The molecule has 0 bridgehead atoms. The predicted molar refractivity (Wildman–Crippen MR) is 126 cm³/mol. The summed E-state index contributed by atoms with van der Waals surface area (Å²) >= 11 is 0. The van der Waals surface area contributed by atoms with Crippen LogP contribution in [0.25, 0.3) is 0 Å². The third kappa shape index (κ3) is 3.78. The zero-order chi connectivity index (χ0) is 22.1. The van der Waals surface area contributed by atoms with Crippen LogP contribution in [0.5, 0.6) is 0 Å². The Morgan fingerprint density at radius 1 is 1.00 bits per heavy atom. The van der Waals surface area contributed by atoms with E-state index in [1.165, 1.54) is 5.56 Å². The largest absolute Gasteiger partial charge is 0.382 e. The van der Waals surface area contributed by atoms with Crippen LogP contribution in [-0.2, 0) is 4.79 Å². The van der Waals surface area contributed by atoms with Gasteiger partial charge in [-0.25, -0.2) is 0 Å². The Balaban J connectivity index is 1.38. The van der Waals surface area contributed by atoms with Crippen molar-refractivity contribution in [2.75, 3.05) is 11.9 Å². The molecule has 2 fully saturated rings. The Hall–Kier alpha value is -2.82. The van der Waals surface area contributed by atoms with Crippen LogP contribution >= 0.6 is 0 Å². The molecule has 2 aromatic carbocycles. The van der Waals surface area contributed by atoms with Crippen molar-refractivity contribution in [3.8, 4) is 0 Å². The normalized spacial score (nSPS) is 28.9. The molecule has 1 saturated heterocycles. The summed E-state index contributed by atoms with van der Waals surface area (Å²) in [4.78, 5) is 28.9. The number of benzene rings is 2. The van der Waals surface area contributed by atoms with Crippen LogP contribution in [0.3, 0.4) is 0 Å². The van der Waals surface area contributed by atoms with Crippen molar-refractivity contribution in [1.82, 2.24) is 10.2 Å². The Kier molecular flexibility index (Phi) is 5.90. The van der Waals surface area contributed by atoms with Crippen LogP contribution in [0.2, 0.25) is 0 Å². The fourth-order valence-corrected chi connectivity index (χ4v) is 6.13. The molecule has 5 heteroatoms. The molecule has 2 heterocycles. The van der Waals surface area contributed by atoms with Gasteiger partial charge in [0.15, 0.2) is 0 Å². The highest BCUT2D eigenvalue weighted by Gasteiger charge is 2.47. The second-order valence-electron chi connectivity index (χ2n) is 9.51. The van der Waals surface area contributed by atoms with Gasteiger partial charge in [0.1, 0.15) is 0 Å². The Labute approximate surface area is 190 Å². The van der Waals surface area contributed by atoms with Crippen molar-refractivity contribution in [2.45, 2.75) is 63.6 Å². The third-order valence-corrected chi connectivity index (χ3v) is 7.74. The standard InChI is InChI=1S/C27H33N3O2/c1-2-22-20-16-17-30(25(20)19-12-6-8-14-23(19)28-22)27(32)21-13-7-9-15-24(21)29-26(31)18-10-4-3-5-11-18/h3-6,8,10-12,14,20-22,24-25,28H,2,7,9,13,15-17H2,1H3,(H,29,31)/t20-,21+,22+,24-,25+/m1/s1. The Morgan fingerprint density at radius 2 is 1.75 bits per heavy atom. The summed E-state index contributed by atoms with van der Waals surface area (Å²) in [6, 6.07) is 18.2. The minimum Gasteiger partial charge on any atom is -0.382 e. The number of amides is 2. The van der Waals surface area contributed by atoms with Gasteiger partial charge in [0, 0.05) is 35.8 Å². The average molecular weight is 432 g/mol. The minimum atomic E-state index is -0.141. The number of hydrogen-bond acceptors (Lipinski definition) is 3. The van der Waals surface area contributed by atoms with Gasteiger partial charge < -0.3 is 15.5 Å². The lowest BCUT2D eigenvalue weighted by Gasteiger charge is -2.41. The van der Waals surface area contributed by atoms with Gasteiger partial charge in [-0.05, 0) is 49.4 Å². The summed E-state index contributed by atoms with van der Waals surface area (Å²) in [5.41, 5.74) is 3.06. The lowest BCUT2D eigenvalue weighted by atomic mass is 9.80. The van der Waals surface area contributed by atoms with Gasteiger partial charge in [0.25, 0.3) is 5.91 Å². The molecule has 32 heavy (non-hydrogen) atoms.